The molecule has 0 aromatic heterocycles. The summed E-state index contributed by atoms with van der Waals surface area (Å²) in [6.07, 6.45) is 1.50. The third kappa shape index (κ3) is 12.0. The van der Waals surface area contributed by atoms with Crippen LogP contribution in [-0.4, -0.2) is 36.1 Å². The summed E-state index contributed by atoms with van der Waals surface area (Å²) in [6.45, 7) is 3.83. The Morgan fingerprint density at radius 2 is 2.16 bits per heavy atom. The Labute approximate surface area is 117 Å². The zero-order valence-corrected chi connectivity index (χ0v) is 12.2. The second-order valence-corrected chi connectivity index (χ2v) is 5.68. The van der Waals surface area contributed by atoms with Crippen LogP contribution in [0.15, 0.2) is 0 Å². The number of carbonyl (C=O) groups excluding carboxylic acids is 2. The van der Waals surface area contributed by atoms with Crippen molar-refractivity contribution in [1.82, 2.24) is 5.32 Å². The first-order valence-electron chi connectivity index (χ1n) is 7.61. The molecule has 0 fully saturated rings. The van der Waals surface area contributed by atoms with Crippen LogP contribution in [0.2, 0.25) is 0 Å². The van der Waals surface area contributed by atoms with Gasteiger partial charge in [0.15, 0.2) is 0 Å². The lowest BCUT2D eigenvalue weighted by molar-refractivity contribution is -0.122. The molecule has 114 valence electrons. The summed E-state index contributed by atoms with van der Waals surface area (Å²) in [5.74, 6) is -0.0468. The molecule has 0 radical (unpaired) electrons. The molecule has 0 aliphatic rings. The third-order valence-corrected chi connectivity index (χ3v) is 2.88. The highest BCUT2D eigenvalue weighted by Gasteiger charge is 2.12. The van der Waals surface area contributed by atoms with E-state index in [1.807, 2.05) is 13.8 Å². The van der Waals surface area contributed by atoms with Crippen molar-refractivity contribution in [3.8, 4) is 0 Å². The van der Waals surface area contributed by atoms with Crippen molar-refractivity contribution in [2.24, 2.45) is 5.92 Å². The summed E-state index contributed by atoms with van der Waals surface area (Å²) >= 11 is 0. The fourth-order valence-corrected chi connectivity index (χ4v) is 1.64. The molecule has 7 nitrogen and oxygen atoms in total. The highest BCUT2D eigenvalue weighted by molar-refractivity contribution is 7.46. The van der Waals surface area contributed by atoms with E-state index < -0.39 is 7.82 Å². The highest BCUT2D eigenvalue weighted by atomic mass is 31.2. The first-order valence-corrected chi connectivity index (χ1v) is 7.69. The Morgan fingerprint density at radius 1 is 1.47 bits per heavy atom. The molecular formula is C11H24NO6P. The van der Waals surface area contributed by atoms with E-state index in [2.05, 4.69) is 14.7 Å². The van der Waals surface area contributed by atoms with Gasteiger partial charge in [-0.2, -0.15) is 0 Å². The lowest BCUT2D eigenvalue weighted by atomic mass is 10.0. The molecule has 0 aromatic carbocycles. The van der Waals surface area contributed by atoms with E-state index in [0.717, 1.165) is 0 Å². The van der Waals surface area contributed by atoms with Crippen molar-refractivity contribution in [2.75, 3.05) is 13.2 Å². The Balaban J connectivity index is 0. The third-order valence-electron chi connectivity index (χ3n) is 2.37. The lowest BCUT2D eigenvalue weighted by Gasteiger charge is -2.07. The smallest absolute Gasteiger partial charge is 0.356 e. The predicted molar refractivity (Wildman–Crippen MR) is 71.4 cm³/mol. The number of nitrogens with one attached hydrogen (secondary N) is 1. The van der Waals surface area contributed by atoms with E-state index in [9.17, 15) is 14.2 Å². The molecule has 0 rings (SSSR count). The number of rotatable bonds is 11. The molecule has 0 spiro atoms. The van der Waals surface area contributed by atoms with Gasteiger partial charge in [-0.05, 0) is 12.8 Å². The van der Waals surface area contributed by atoms with Gasteiger partial charge in [-0.1, -0.05) is 13.8 Å². The Bertz CT molecular complexity index is 370. The van der Waals surface area contributed by atoms with Crippen LogP contribution in [0.25, 0.3) is 0 Å². The molecule has 0 saturated carbocycles. The summed E-state index contributed by atoms with van der Waals surface area (Å²) < 4.78 is 31.4. The molecule has 0 heterocycles. The van der Waals surface area contributed by atoms with Crippen LogP contribution in [0.3, 0.4) is 0 Å². The molecule has 19 heavy (non-hydrogen) atoms. The molecule has 1 amide bonds. The van der Waals surface area contributed by atoms with Crippen molar-refractivity contribution in [3.05, 3.63) is 0 Å². The molecule has 0 aliphatic carbocycles. The molecule has 0 saturated heterocycles. The van der Waals surface area contributed by atoms with Crippen LogP contribution >= 0.6 is 7.82 Å². The maximum absolute atomic E-state index is 11.4. The normalized spacial score (nSPS) is 15.3. The van der Waals surface area contributed by atoms with Gasteiger partial charge in [-0.3, -0.25) is 14.1 Å². The number of hydrogen-bond acceptors (Lipinski definition) is 5. The number of hydrogen-bond donors (Lipinski definition) is 3. The second-order valence-electron chi connectivity index (χ2n) is 4.48. The average Bonchev–Trinajstić information content (AvgIpc) is 2.48. The van der Waals surface area contributed by atoms with Gasteiger partial charge in [0, 0.05) is 28.3 Å². The Kier molecular flexibility index (Phi) is 7.10. The van der Waals surface area contributed by atoms with Crippen molar-refractivity contribution < 1.29 is 31.4 Å². The van der Waals surface area contributed by atoms with E-state index in [4.69, 9.17) is 9.29 Å². The molecular weight excluding hydrogens is 273 g/mol. The minimum atomic E-state index is -4.26. The van der Waals surface area contributed by atoms with Crippen molar-refractivity contribution >= 4 is 19.5 Å². The quantitative estimate of drug-likeness (QED) is 0.391. The molecule has 8 heteroatoms. The second kappa shape index (κ2) is 9.20. The van der Waals surface area contributed by atoms with Crippen LogP contribution in [0.4, 0.5) is 0 Å². The van der Waals surface area contributed by atoms with Crippen LogP contribution in [0, 0.1) is 5.92 Å². The molecule has 3 N–H and O–H groups in total. The maximum Gasteiger partial charge on any atom is 0.469 e. The first kappa shape index (κ1) is 14.7. The molecule has 1 atom stereocenters. The summed E-state index contributed by atoms with van der Waals surface area (Å²) in [6, 6.07) is 0. The van der Waals surface area contributed by atoms with E-state index >= 15 is 0 Å². The minimum Gasteiger partial charge on any atom is -0.356 e. The van der Waals surface area contributed by atoms with E-state index in [1.54, 1.807) is 0 Å². The molecule has 0 bridgehead atoms. The number of Topliss-reactive ketones (excluding diaryl/α,β-unsaturated/α-hetero) is 1. The lowest BCUT2D eigenvalue weighted by Crippen LogP contribution is -2.25. The van der Waals surface area contributed by atoms with E-state index in [0.29, 0.717) is 19.3 Å². The Morgan fingerprint density at radius 3 is 2.74 bits per heavy atom. The summed E-state index contributed by atoms with van der Waals surface area (Å²) in [5, 5.41) is 2.60. The zero-order chi connectivity index (χ0) is 17.6. The van der Waals surface area contributed by atoms with Gasteiger partial charge >= 0.3 is 7.82 Å². The van der Waals surface area contributed by atoms with Crippen molar-refractivity contribution in [2.45, 2.75) is 39.5 Å². The Hall–Kier alpha value is -0.750. The van der Waals surface area contributed by atoms with Crippen molar-refractivity contribution in [1.29, 1.82) is 1.43 Å². The van der Waals surface area contributed by atoms with Gasteiger partial charge in [0.25, 0.3) is 0 Å². The van der Waals surface area contributed by atoms with Gasteiger partial charge < -0.3 is 15.1 Å². The predicted octanol–water partition coefficient (Wildman–Crippen LogP) is 1.24. The van der Waals surface area contributed by atoms with Gasteiger partial charge in [0.2, 0.25) is 7.34 Å². The summed E-state index contributed by atoms with van der Waals surface area (Å²) in [5.41, 5.74) is 0. The minimum absolute atomic E-state index is 0.0105. The van der Waals surface area contributed by atoms with E-state index in [1.165, 1.54) is 0 Å². The monoisotopic (exact) mass is 303 g/mol. The zero-order valence-electron chi connectivity index (χ0n) is 14.3. The van der Waals surface area contributed by atoms with Gasteiger partial charge in [-0.25, -0.2) is 4.57 Å². The largest absolute Gasteiger partial charge is 0.469 e. The van der Waals surface area contributed by atoms with Crippen LogP contribution in [0.1, 0.15) is 42.5 Å². The molecule has 1 unspecified atom stereocenters. The van der Waals surface area contributed by atoms with Gasteiger partial charge in [0.1, 0.15) is 5.78 Å². The summed E-state index contributed by atoms with van der Waals surface area (Å²) in [4.78, 5) is 34.9. The summed E-state index contributed by atoms with van der Waals surface area (Å²) in [7, 11) is -4.26. The van der Waals surface area contributed by atoms with Crippen molar-refractivity contribution in [3.63, 3.8) is 0 Å². The van der Waals surface area contributed by atoms with E-state index in [-0.39, 0.29) is 37.2 Å². The molecule has 0 aromatic rings. The standard InChI is InChI=1S/C11H22NO6P.H2/c1-9(2)10(13)5-3-6-11(14)12-7-4-8-18-19(15,16)17;/h9H,3-8H2,1-2H3,(H,12,14)(H2,15,16,17);1H/i;1+2T/hT. The van der Waals surface area contributed by atoms with Crippen LogP contribution in [0.5, 0.6) is 0 Å². The number of phosphoric ester groups is 1. The number of phosphoric acid groups is 1. The van der Waals surface area contributed by atoms with Gasteiger partial charge in [0.05, 0.1) is 6.61 Å². The highest BCUT2D eigenvalue weighted by Crippen LogP contribution is 2.35. The fraction of sp³-hybridized carbons (Fsp3) is 0.818. The SMILES string of the molecule is [3H]OP(=O)(O)OCCCNC(=O)CCCC(=O)C(C)C.[3H][3H]. The number of ketones is 1. The first-order chi connectivity index (χ1) is 10.3. The van der Waals surface area contributed by atoms with Crippen LogP contribution < -0.4 is 5.32 Å². The number of carbonyl (C=O) groups is 2. The topological polar surface area (TPSA) is 113 Å². The maximum atomic E-state index is 11.4. The average molecular weight is 303 g/mol. The fourth-order valence-electron chi connectivity index (χ4n) is 1.28. The number of amides is 1. The molecule has 0 aliphatic heterocycles. The van der Waals surface area contributed by atoms with Gasteiger partial charge in [-0.15, -0.1) is 0 Å². The van der Waals surface area contributed by atoms with Crippen LogP contribution in [-0.2, 0) is 18.7 Å².